The predicted molar refractivity (Wildman–Crippen MR) is 92.5 cm³/mol. The number of carbonyl (C=O) groups excluding carboxylic acids is 1. The molecule has 118 valence electrons. The number of carbonyl (C=O) groups is 1. The van der Waals surface area contributed by atoms with Crippen LogP contribution in [-0.4, -0.2) is 27.8 Å². The zero-order chi connectivity index (χ0) is 15.8. The van der Waals surface area contributed by atoms with Crippen molar-refractivity contribution in [2.75, 3.05) is 12.3 Å². The second-order valence-corrected chi connectivity index (χ2v) is 6.50. The van der Waals surface area contributed by atoms with Crippen LogP contribution in [0.1, 0.15) is 12.0 Å². The van der Waals surface area contributed by atoms with Crippen molar-refractivity contribution in [1.29, 1.82) is 0 Å². The molecular formula is C15H17Cl2N3OS. The third-order valence-corrected chi connectivity index (χ3v) is 4.68. The predicted octanol–water partition coefficient (Wildman–Crippen LogP) is 3.63. The first-order valence-electron chi connectivity index (χ1n) is 6.90. The minimum Gasteiger partial charge on any atom is -0.355 e. The molecule has 0 bridgehead atoms. The number of aryl methyl sites for hydroxylation is 1. The number of nitrogens with zero attached hydrogens (tertiary/aromatic N) is 2. The molecule has 0 unspecified atom stereocenters. The van der Waals surface area contributed by atoms with Gasteiger partial charge in [0.2, 0.25) is 5.91 Å². The molecule has 0 aliphatic heterocycles. The van der Waals surface area contributed by atoms with Gasteiger partial charge in [-0.2, -0.15) is 0 Å². The Labute approximate surface area is 144 Å². The lowest BCUT2D eigenvalue weighted by Gasteiger charge is -2.08. The Bertz CT molecular complexity index is 585. The average Bonchev–Trinajstić information content (AvgIpc) is 3.00. The van der Waals surface area contributed by atoms with E-state index in [9.17, 15) is 4.79 Å². The molecule has 4 nitrogen and oxygen atoms in total. The Morgan fingerprint density at radius 3 is 2.77 bits per heavy atom. The summed E-state index contributed by atoms with van der Waals surface area (Å²) in [5, 5.41) is 4.18. The third-order valence-electron chi connectivity index (χ3n) is 3.02. The number of thioether (sulfide) groups is 1. The number of amides is 1. The van der Waals surface area contributed by atoms with Crippen LogP contribution in [0.25, 0.3) is 0 Å². The smallest absolute Gasteiger partial charge is 0.230 e. The summed E-state index contributed by atoms with van der Waals surface area (Å²) in [4.78, 5) is 15.7. The van der Waals surface area contributed by atoms with Crippen LogP contribution in [0.4, 0.5) is 0 Å². The molecule has 7 heteroatoms. The van der Waals surface area contributed by atoms with Gasteiger partial charge in [0.1, 0.15) is 0 Å². The van der Waals surface area contributed by atoms with Crippen LogP contribution in [-0.2, 0) is 17.1 Å². The van der Waals surface area contributed by atoms with E-state index in [1.807, 2.05) is 16.8 Å². The summed E-state index contributed by atoms with van der Waals surface area (Å²) in [5.41, 5.74) is 0.878. The van der Waals surface area contributed by atoms with E-state index in [0.717, 1.165) is 18.5 Å². The van der Waals surface area contributed by atoms with E-state index >= 15 is 0 Å². The quantitative estimate of drug-likeness (QED) is 0.733. The summed E-state index contributed by atoms with van der Waals surface area (Å²) in [6, 6.07) is 5.42. The van der Waals surface area contributed by atoms with Gasteiger partial charge in [0.15, 0.2) is 0 Å². The number of rotatable bonds is 8. The molecule has 0 aliphatic carbocycles. The van der Waals surface area contributed by atoms with E-state index in [1.54, 1.807) is 24.7 Å². The SMILES string of the molecule is O=C(CSCc1c(Cl)cccc1Cl)NCCCn1ccnc1. The maximum Gasteiger partial charge on any atom is 0.230 e. The van der Waals surface area contributed by atoms with Crippen molar-refractivity contribution in [3.05, 3.63) is 52.5 Å². The molecule has 1 N–H and O–H groups in total. The van der Waals surface area contributed by atoms with Gasteiger partial charge in [0.05, 0.1) is 12.1 Å². The second-order valence-electron chi connectivity index (χ2n) is 4.70. The van der Waals surface area contributed by atoms with E-state index in [0.29, 0.717) is 28.1 Å². The van der Waals surface area contributed by atoms with Crippen LogP contribution in [0, 0.1) is 0 Å². The number of imidazole rings is 1. The topological polar surface area (TPSA) is 46.9 Å². The van der Waals surface area contributed by atoms with Crippen molar-refractivity contribution in [2.45, 2.75) is 18.7 Å². The maximum absolute atomic E-state index is 11.7. The normalized spacial score (nSPS) is 10.6. The van der Waals surface area contributed by atoms with Crippen LogP contribution in [0.3, 0.4) is 0 Å². The maximum atomic E-state index is 11.7. The van der Waals surface area contributed by atoms with Gasteiger partial charge < -0.3 is 9.88 Å². The fourth-order valence-electron chi connectivity index (χ4n) is 1.88. The largest absolute Gasteiger partial charge is 0.355 e. The zero-order valence-electron chi connectivity index (χ0n) is 12.0. The van der Waals surface area contributed by atoms with Gasteiger partial charge in [0.25, 0.3) is 0 Å². The molecule has 0 spiro atoms. The van der Waals surface area contributed by atoms with Crippen molar-refractivity contribution in [1.82, 2.24) is 14.9 Å². The third kappa shape index (κ3) is 5.55. The van der Waals surface area contributed by atoms with Crippen LogP contribution in [0.15, 0.2) is 36.9 Å². The van der Waals surface area contributed by atoms with Gasteiger partial charge in [0, 0.05) is 41.3 Å². The highest BCUT2D eigenvalue weighted by molar-refractivity contribution is 7.99. The average molecular weight is 358 g/mol. The van der Waals surface area contributed by atoms with Crippen molar-refractivity contribution < 1.29 is 4.79 Å². The van der Waals surface area contributed by atoms with Crippen LogP contribution in [0.5, 0.6) is 0 Å². The van der Waals surface area contributed by atoms with Crippen molar-refractivity contribution >= 4 is 40.9 Å². The Kier molecular flexibility index (Phi) is 7.09. The second kappa shape index (κ2) is 9.08. The lowest BCUT2D eigenvalue weighted by atomic mass is 10.2. The summed E-state index contributed by atoms with van der Waals surface area (Å²) < 4.78 is 1.99. The summed E-state index contributed by atoms with van der Waals surface area (Å²) >= 11 is 13.7. The zero-order valence-corrected chi connectivity index (χ0v) is 14.3. The molecule has 1 heterocycles. The molecule has 1 aromatic carbocycles. The molecule has 1 amide bonds. The van der Waals surface area contributed by atoms with Crippen molar-refractivity contribution in [3.8, 4) is 0 Å². The van der Waals surface area contributed by atoms with Gasteiger partial charge in [-0.3, -0.25) is 4.79 Å². The summed E-state index contributed by atoms with van der Waals surface area (Å²) in [7, 11) is 0. The van der Waals surface area contributed by atoms with Crippen LogP contribution >= 0.6 is 35.0 Å². The first-order chi connectivity index (χ1) is 10.7. The van der Waals surface area contributed by atoms with Crippen LogP contribution in [0.2, 0.25) is 10.0 Å². The summed E-state index contributed by atoms with van der Waals surface area (Å²) in [6.07, 6.45) is 6.30. The van der Waals surface area contributed by atoms with Gasteiger partial charge in [-0.05, 0) is 24.1 Å². The lowest BCUT2D eigenvalue weighted by Crippen LogP contribution is -2.26. The minimum atomic E-state index is 0.0267. The molecule has 0 saturated heterocycles. The fourth-order valence-corrected chi connectivity index (χ4v) is 3.47. The van der Waals surface area contributed by atoms with E-state index in [1.165, 1.54) is 11.8 Å². The Morgan fingerprint density at radius 1 is 1.32 bits per heavy atom. The highest BCUT2D eigenvalue weighted by Crippen LogP contribution is 2.27. The highest BCUT2D eigenvalue weighted by Gasteiger charge is 2.07. The number of hydrogen-bond acceptors (Lipinski definition) is 3. The minimum absolute atomic E-state index is 0.0267. The number of nitrogens with one attached hydrogen (secondary N) is 1. The molecule has 1 aromatic heterocycles. The Hall–Kier alpha value is -1.17. The lowest BCUT2D eigenvalue weighted by molar-refractivity contribution is -0.118. The summed E-state index contributed by atoms with van der Waals surface area (Å²) in [5.74, 6) is 1.05. The van der Waals surface area contributed by atoms with E-state index < -0.39 is 0 Å². The van der Waals surface area contributed by atoms with E-state index in [4.69, 9.17) is 23.2 Å². The number of benzene rings is 1. The molecule has 22 heavy (non-hydrogen) atoms. The molecular weight excluding hydrogens is 341 g/mol. The number of hydrogen-bond donors (Lipinski definition) is 1. The Morgan fingerprint density at radius 2 is 2.09 bits per heavy atom. The molecule has 0 fully saturated rings. The van der Waals surface area contributed by atoms with Crippen LogP contribution < -0.4 is 5.32 Å². The Balaban J connectivity index is 1.61. The first-order valence-corrected chi connectivity index (χ1v) is 8.81. The first kappa shape index (κ1) is 17.2. The number of aromatic nitrogens is 2. The number of halogens is 2. The van der Waals surface area contributed by atoms with E-state index in [2.05, 4.69) is 10.3 Å². The van der Waals surface area contributed by atoms with Crippen molar-refractivity contribution in [3.63, 3.8) is 0 Å². The van der Waals surface area contributed by atoms with Gasteiger partial charge >= 0.3 is 0 Å². The molecule has 0 radical (unpaired) electrons. The molecule has 0 aliphatic rings. The molecule has 0 atom stereocenters. The van der Waals surface area contributed by atoms with Crippen molar-refractivity contribution in [2.24, 2.45) is 0 Å². The molecule has 0 saturated carbocycles. The highest BCUT2D eigenvalue weighted by atomic mass is 35.5. The fraction of sp³-hybridized carbons (Fsp3) is 0.333. The summed E-state index contributed by atoms with van der Waals surface area (Å²) in [6.45, 7) is 1.51. The van der Waals surface area contributed by atoms with Gasteiger partial charge in [-0.1, -0.05) is 29.3 Å². The van der Waals surface area contributed by atoms with Gasteiger partial charge in [-0.25, -0.2) is 4.98 Å². The molecule has 2 rings (SSSR count). The standard InChI is InChI=1S/C15H17Cl2N3OS/c16-13-3-1-4-14(17)12(13)9-22-10-15(21)19-5-2-7-20-8-6-18-11-20/h1,3-4,6,8,11H,2,5,7,9-10H2,(H,19,21). The monoisotopic (exact) mass is 357 g/mol. The van der Waals surface area contributed by atoms with E-state index in [-0.39, 0.29) is 5.91 Å². The molecule has 2 aromatic rings. The van der Waals surface area contributed by atoms with Gasteiger partial charge in [-0.15, -0.1) is 11.8 Å².